The molecule has 1 aliphatic rings. The number of carbonyl (C=O) groups excluding carboxylic acids is 1. The molecule has 0 spiro atoms. The number of para-hydroxylation sites is 2. The van der Waals surface area contributed by atoms with E-state index in [1.54, 1.807) is 19.2 Å². The van der Waals surface area contributed by atoms with Crippen LogP contribution in [0, 0.1) is 0 Å². The van der Waals surface area contributed by atoms with Crippen molar-refractivity contribution in [2.24, 2.45) is 0 Å². The third-order valence-electron chi connectivity index (χ3n) is 4.75. The normalized spacial score (nSPS) is 15.7. The summed E-state index contributed by atoms with van der Waals surface area (Å²) >= 11 is 0. The molecular formula is C21H26N2O5S. The Labute approximate surface area is 171 Å². The molecule has 1 N–H and O–H groups in total. The van der Waals surface area contributed by atoms with E-state index in [9.17, 15) is 13.2 Å². The van der Waals surface area contributed by atoms with Gasteiger partial charge in [-0.25, -0.2) is 8.42 Å². The fourth-order valence-electron chi connectivity index (χ4n) is 3.16. The Balaban J connectivity index is 1.57. The van der Waals surface area contributed by atoms with E-state index < -0.39 is 10.0 Å². The third kappa shape index (κ3) is 5.07. The number of nitrogens with one attached hydrogen (secondary N) is 1. The first-order valence-electron chi connectivity index (χ1n) is 9.58. The van der Waals surface area contributed by atoms with Crippen molar-refractivity contribution in [2.45, 2.75) is 30.7 Å². The Morgan fingerprint density at radius 3 is 2.31 bits per heavy atom. The maximum atomic E-state index is 12.6. The van der Waals surface area contributed by atoms with Gasteiger partial charge in [-0.3, -0.25) is 4.79 Å². The van der Waals surface area contributed by atoms with Crippen molar-refractivity contribution in [2.75, 3.05) is 26.8 Å². The van der Waals surface area contributed by atoms with Crippen LogP contribution in [0.25, 0.3) is 0 Å². The van der Waals surface area contributed by atoms with Gasteiger partial charge in [0.25, 0.3) is 5.91 Å². The molecule has 1 atom stereocenters. The molecule has 1 heterocycles. The standard InChI is InChI=1S/C21H26N2O5S/c1-16(15-28-20-8-4-3-7-19(20)27-2)22-21(24)17-9-11-18(12-10-17)29(25,26)23-13-5-6-14-23/h3-4,7-12,16H,5-6,13-15H2,1-2H3,(H,22,24). The van der Waals surface area contributed by atoms with Gasteiger partial charge in [-0.15, -0.1) is 0 Å². The van der Waals surface area contributed by atoms with Gasteiger partial charge in [0, 0.05) is 18.7 Å². The number of hydrogen-bond donors (Lipinski definition) is 1. The molecule has 0 aliphatic carbocycles. The summed E-state index contributed by atoms with van der Waals surface area (Å²) in [6, 6.07) is 13.1. The van der Waals surface area contributed by atoms with Crippen LogP contribution in [-0.2, 0) is 10.0 Å². The third-order valence-corrected chi connectivity index (χ3v) is 6.67. The smallest absolute Gasteiger partial charge is 0.251 e. The summed E-state index contributed by atoms with van der Waals surface area (Å²) < 4.78 is 37.6. The van der Waals surface area contributed by atoms with Gasteiger partial charge in [0.05, 0.1) is 18.0 Å². The Hall–Kier alpha value is -2.58. The second kappa shape index (κ2) is 9.28. The molecule has 2 aromatic carbocycles. The molecule has 7 nitrogen and oxygen atoms in total. The zero-order valence-corrected chi connectivity index (χ0v) is 17.4. The van der Waals surface area contributed by atoms with Gasteiger partial charge in [-0.05, 0) is 56.2 Å². The summed E-state index contributed by atoms with van der Waals surface area (Å²) in [6.07, 6.45) is 1.77. The van der Waals surface area contributed by atoms with Crippen LogP contribution in [-0.4, -0.2) is 51.5 Å². The number of carbonyl (C=O) groups is 1. The fraction of sp³-hybridized carbons (Fsp3) is 0.381. The first-order valence-corrected chi connectivity index (χ1v) is 11.0. The van der Waals surface area contributed by atoms with Crippen LogP contribution < -0.4 is 14.8 Å². The number of sulfonamides is 1. The summed E-state index contributed by atoms with van der Waals surface area (Å²) in [5.74, 6) is 0.944. The molecule has 0 bridgehead atoms. The van der Waals surface area contributed by atoms with E-state index in [1.165, 1.54) is 28.6 Å². The second-order valence-electron chi connectivity index (χ2n) is 6.97. The lowest BCUT2D eigenvalue weighted by atomic mass is 10.2. The van der Waals surface area contributed by atoms with Crippen molar-refractivity contribution in [1.29, 1.82) is 0 Å². The van der Waals surface area contributed by atoms with E-state index >= 15 is 0 Å². The molecule has 1 saturated heterocycles. The molecule has 1 amide bonds. The predicted octanol–water partition coefficient (Wildman–Crippen LogP) is 2.68. The number of amides is 1. The van der Waals surface area contributed by atoms with E-state index in [1.807, 2.05) is 19.1 Å². The van der Waals surface area contributed by atoms with Crippen molar-refractivity contribution in [3.8, 4) is 11.5 Å². The molecule has 29 heavy (non-hydrogen) atoms. The molecule has 2 aromatic rings. The molecule has 156 valence electrons. The van der Waals surface area contributed by atoms with Crippen molar-refractivity contribution >= 4 is 15.9 Å². The van der Waals surface area contributed by atoms with Crippen LogP contribution in [0.15, 0.2) is 53.4 Å². The fourth-order valence-corrected chi connectivity index (χ4v) is 4.67. The number of methoxy groups -OCH3 is 1. The summed E-state index contributed by atoms with van der Waals surface area (Å²) in [7, 11) is -1.91. The lowest BCUT2D eigenvalue weighted by molar-refractivity contribution is 0.0926. The van der Waals surface area contributed by atoms with E-state index in [2.05, 4.69) is 5.32 Å². The van der Waals surface area contributed by atoms with Crippen molar-refractivity contribution in [3.63, 3.8) is 0 Å². The number of rotatable bonds is 8. The SMILES string of the molecule is COc1ccccc1OCC(C)NC(=O)c1ccc(S(=O)(=O)N2CCCC2)cc1. The maximum absolute atomic E-state index is 12.6. The van der Waals surface area contributed by atoms with Crippen LogP contribution in [0.3, 0.4) is 0 Å². The van der Waals surface area contributed by atoms with Crippen molar-refractivity contribution < 1.29 is 22.7 Å². The minimum absolute atomic E-state index is 0.212. The first kappa shape index (κ1) is 21.1. The number of hydrogen-bond acceptors (Lipinski definition) is 5. The number of nitrogens with zero attached hydrogens (tertiary/aromatic N) is 1. The van der Waals surface area contributed by atoms with Gasteiger partial charge in [0.2, 0.25) is 10.0 Å². The largest absolute Gasteiger partial charge is 0.493 e. The molecule has 3 rings (SSSR count). The van der Waals surface area contributed by atoms with Gasteiger partial charge in [-0.2, -0.15) is 4.31 Å². The lowest BCUT2D eigenvalue weighted by Crippen LogP contribution is -2.36. The zero-order valence-electron chi connectivity index (χ0n) is 16.6. The molecule has 1 fully saturated rings. The average Bonchev–Trinajstić information content (AvgIpc) is 3.28. The molecular weight excluding hydrogens is 392 g/mol. The second-order valence-corrected chi connectivity index (χ2v) is 8.91. The van der Waals surface area contributed by atoms with Gasteiger partial charge in [0.1, 0.15) is 6.61 Å². The molecule has 0 aromatic heterocycles. The van der Waals surface area contributed by atoms with Crippen LogP contribution in [0.1, 0.15) is 30.1 Å². The highest BCUT2D eigenvalue weighted by Gasteiger charge is 2.27. The monoisotopic (exact) mass is 418 g/mol. The minimum Gasteiger partial charge on any atom is -0.493 e. The Morgan fingerprint density at radius 2 is 1.69 bits per heavy atom. The predicted molar refractivity (Wildman–Crippen MR) is 110 cm³/mol. The molecule has 1 unspecified atom stereocenters. The van der Waals surface area contributed by atoms with Gasteiger partial charge < -0.3 is 14.8 Å². The number of benzene rings is 2. The number of ether oxygens (including phenoxy) is 2. The summed E-state index contributed by atoms with van der Waals surface area (Å²) in [4.78, 5) is 12.7. The Kier molecular flexibility index (Phi) is 6.76. The van der Waals surface area contributed by atoms with Crippen LogP contribution >= 0.6 is 0 Å². The van der Waals surface area contributed by atoms with Crippen molar-refractivity contribution in [3.05, 3.63) is 54.1 Å². The summed E-state index contributed by atoms with van der Waals surface area (Å²) in [5.41, 5.74) is 0.398. The topological polar surface area (TPSA) is 84.9 Å². The molecule has 0 saturated carbocycles. The highest BCUT2D eigenvalue weighted by Crippen LogP contribution is 2.26. The first-order chi connectivity index (χ1) is 13.9. The molecule has 0 radical (unpaired) electrons. The van der Waals surface area contributed by atoms with E-state index in [0.29, 0.717) is 30.2 Å². The van der Waals surface area contributed by atoms with Gasteiger partial charge in [0.15, 0.2) is 11.5 Å². The minimum atomic E-state index is -3.48. The summed E-state index contributed by atoms with van der Waals surface area (Å²) in [5, 5.41) is 2.85. The summed E-state index contributed by atoms with van der Waals surface area (Å²) in [6.45, 7) is 3.20. The van der Waals surface area contributed by atoms with E-state index in [0.717, 1.165) is 12.8 Å². The van der Waals surface area contributed by atoms with Gasteiger partial charge >= 0.3 is 0 Å². The van der Waals surface area contributed by atoms with E-state index in [-0.39, 0.29) is 23.5 Å². The molecule has 1 aliphatic heterocycles. The zero-order chi connectivity index (χ0) is 20.9. The van der Waals surface area contributed by atoms with Crippen LogP contribution in [0.5, 0.6) is 11.5 Å². The Bertz CT molecular complexity index is 938. The highest BCUT2D eigenvalue weighted by molar-refractivity contribution is 7.89. The molecule has 8 heteroatoms. The van der Waals surface area contributed by atoms with Crippen LogP contribution in [0.2, 0.25) is 0 Å². The average molecular weight is 419 g/mol. The van der Waals surface area contributed by atoms with Crippen LogP contribution in [0.4, 0.5) is 0 Å². The van der Waals surface area contributed by atoms with Gasteiger partial charge in [-0.1, -0.05) is 12.1 Å². The quantitative estimate of drug-likeness (QED) is 0.712. The maximum Gasteiger partial charge on any atom is 0.251 e. The highest BCUT2D eigenvalue weighted by atomic mass is 32.2. The van der Waals surface area contributed by atoms with E-state index in [4.69, 9.17) is 9.47 Å². The Morgan fingerprint density at radius 1 is 1.07 bits per heavy atom. The van der Waals surface area contributed by atoms with Crippen molar-refractivity contribution in [1.82, 2.24) is 9.62 Å². The lowest BCUT2D eigenvalue weighted by Gasteiger charge is -2.17.